The molecule has 7 heteroatoms. The summed E-state index contributed by atoms with van der Waals surface area (Å²) in [6, 6.07) is 44.9. The van der Waals surface area contributed by atoms with Crippen LogP contribution in [-0.2, 0) is 15.2 Å². The summed E-state index contributed by atoms with van der Waals surface area (Å²) in [5.41, 5.74) is 3.26. The molecule has 0 N–H and O–H groups in total. The van der Waals surface area contributed by atoms with Gasteiger partial charge in [-0.25, -0.2) is 0 Å². The van der Waals surface area contributed by atoms with E-state index in [2.05, 4.69) is 36.4 Å². The lowest BCUT2D eigenvalue weighted by molar-refractivity contribution is -0.384. The summed E-state index contributed by atoms with van der Waals surface area (Å²) in [7, 11) is 1.64. The van der Waals surface area contributed by atoms with E-state index in [1.54, 1.807) is 31.0 Å². The normalized spacial score (nSPS) is 17.3. The van der Waals surface area contributed by atoms with Gasteiger partial charge < -0.3 is 9.57 Å². The van der Waals surface area contributed by atoms with Gasteiger partial charge in [-0.05, 0) is 47.5 Å². The molecular formula is C34H26N2O4S. The van der Waals surface area contributed by atoms with Gasteiger partial charge in [-0.1, -0.05) is 108 Å². The molecular weight excluding hydrogens is 532 g/mol. The van der Waals surface area contributed by atoms with Crippen LogP contribution in [0.2, 0.25) is 0 Å². The summed E-state index contributed by atoms with van der Waals surface area (Å²) < 4.78 is 5.49. The molecule has 0 amide bonds. The lowest BCUT2D eigenvalue weighted by Gasteiger charge is -2.44. The Morgan fingerprint density at radius 1 is 0.707 bits per heavy atom. The monoisotopic (exact) mass is 558 g/mol. The minimum atomic E-state index is -1.11. The molecule has 1 aliphatic heterocycles. The standard InChI is InChI=1S/C34H26N2O4S/c1-39-30-23-19-28(20-24-30)34(41-31-15-9-4-10-16-31)33(26-11-5-2-6-12-26,27-13-7-3-8-14-27)32(35-40-34)25-17-21-29(22-18-25)36(37)38/h2-24H,1H3. The van der Waals surface area contributed by atoms with E-state index in [0.29, 0.717) is 5.71 Å². The largest absolute Gasteiger partial charge is 0.497 e. The number of hydrogen-bond donors (Lipinski definition) is 0. The zero-order valence-corrected chi connectivity index (χ0v) is 23.0. The molecule has 0 fully saturated rings. The Kier molecular flexibility index (Phi) is 7.03. The van der Waals surface area contributed by atoms with E-state index in [-0.39, 0.29) is 5.69 Å². The van der Waals surface area contributed by atoms with Crippen LogP contribution in [0.1, 0.15) is 22.3 Å². The average molecular weight is 559 g/mol. The highest BCUT2D eigenvalue weighted by Gasteiger charge is 2.65. The van der Waals surface area contributed by atoms with Gasteiger partial charge in [0.05, 0.1) is 12.0 Å². The Labute approximate surface area is 242 Å². The fraction of sp³-hybridized carbons (Fsp3) is 0.0882. The van der Waals surface area contributed by atoms with Crippen molar-refractivity contribution in [1.29, 1.82) is 0 Å². The van der Waals surface area contributed by atoms with E-state index in [1.165, 1.54) is 12.1 Å². The van der Waals surface area contributed by atoms with E-state index >= 15 is 0 Å². The molecule has 202 valence electrons. The van der Waals surface area contributed by atoms with Crippen LogP contribution in [0.15, 0.2) is 150 Å². The average Bonchev–Trinajstić information content (AvgIpc) is 3.38. The van der Waals surface area contributed by atoms with Gasteiger partial charge in [0.25, 0.3) is 5.69 Å². The smallest absolute Gasteiger partial charge is 0.269 e. The second-order valence-electron chi connectivity index (χ2n) is 9.58. The van der Waals surface area contributed by atoms with Crippen LogP contribution in [0.5, 0.6) is 5.75 Å². The molecule has 0 bridgehead atoms. The number of rotatable bonds is 8. The van der Waals surface area contributed by atoms with Crippen molar-refractivity contribution in [2.75, 3.05) is 7.11 Å². The van der Waals surface area contributed by atoms with Gasteiger partial charge in [-0.3, -0.25) is 10.1 Å². The van der Waals surface area contributed by atoms with Gasteiger partial charge >= 0.3 is 0 Å². The number of nitro groups is 1. The summed E-state index contributed by atoms with van der Waals surface area (Å²) in [6.45, 7) is 0. The third-order valence-electron chi connectivity index (χ3n) is 7.35. The number of thioether (sulfide) groups is 1. The Hall–Kier alpha value is -4.88. The molecule has 0 saturated heterocycles. The SMILES string of the molecule is COc1ccc(C2(Sc3ccccc3)ON=C(c3ccc([N+](=O)[O-])cc3)C2(c2ccccc2)c2ccccc2)cc1. The third-order valence-corrected chi connectivity index (χ3v) is 8.77. The summed E-state index contributed by atoms with van der Waals surface area (Å²) in [5, 5.41) is 16.3. The van der Waals surface area contributed by atoms with Crippen molar-refractivity contribution in [2.24, 2.45) is 5.16 Å². The molecule has 0 aromatic heterocycles. The molecule has 1 unspecified atom stereocenters. The van der Waals surface area contributed by atoms with Gasteiger partial charge in [0.15, 0.2) is 0 Å². The van der Waals surface area contributed by atoms with Crippen molar-refractivity contribution in [3.63, 3.8) is 0 Å². The highest BCUT2D eigenvalue weighted by atomic mass is 32.2. The van der Waals surface area contributed by atoms with Gasteiger partial charge in [0, 0.05) is 28.2 Å². The van der Waals surface area contributed by atoms with Crippen molar-refractivity contribution < 1.29 is 14.5 Å². The molecule has 0 aliphatic carbocycles. The van der Waals surface area contributed by atoms with Gasteiger partial charge in [0.2, 0.25) is 4.93 Å². The number of oxime groups is 1. The minimum absolute atomic E-state index is 0.0124. The molecule has 6 nitrogen and oxygen atoms in total. The molecule has 5 aromatic rings. The first kappa shape index (κ1) is 26.3. The number of benzene rings is 5. The zero-order valence-electron chi connectivity index (χ0n) is 22.2. The van der Waals surface area contributed by atoms with Crippen molar-refractivity contribution in [3.05, 3.63) is 172 Å². The van der Waals surface area contributed by atoms with Crippen molar-refractivity contribution in [3.8, 4) is 5.75 Å². The van der Waals surface area contributed by atoms with E-state index in [1.807, 2.05) is 78.9 Å². The molecule has 0 spiro atoms. The highest BCUT2D eigenvalue weighted by Crippen LogP contribution is 2.62. The Morgan fingerprint density at radius 3 is 1.76 bits per heavy atom. The third kappa shape index (κ3) is 4.44. The first-order valence-electron chi connectivity index (χ1n) is 13.1. The maximum absolute atomic E-state index is 11.5. The molecule has 0 saturated carbocycles. The van der Waals surface area contributed by atoms with E-state index in [0.717, 1.165) is 32.9 Å². The fourth-order valence-corrected chi connectivity index (χ4v) is 6.94. The summed E-state index contributed by atoms with van der Waals surface area (Å²) in [4.78, 5) is 17.7. The first-order chi connectivity index (χ1) is 20.1. The van der Waals surface area contributed by atoms with Crippen LogP contribution < -0.4 is 4.74 Å². The van der Waals surface area contributed by atoms with E-state index in [4.69, 9.17) is 14.7 Å². The highest BCUT2D eigenvalue weighted by molar-refractivity contribution is 8.00. The van der Waals surface area contributed by atoms with Gasteiger partial charge in [-0.2, -0.15) is 0 Å². The fourth-order valence-electron chi connectivity index (χ4n) is 5.50. The van der Waals surface area contributed by atoms with Crippen LogP contribution in [-0.4, -0.2) is 17.7 Å². The second kappa shape index (κ2) is 10.9. The van der Waals surface area contributed by atoms with Crippen LogP contribution >= 0.6 is 11.8 Å². The van der Waals surface area contributed by atoms with E-state index in [9.17, 15) is 10.1 Å². The number of hydrogen-bond acceptors (Lipinski definition) is 6. The first-order valence-corrected chi connectivity index (χ1v) is 13.9. The lowest BCUT2D eigenvalue weighted by Crippen LogP contribution is -2.51. The molecule has 1 heterocycles. The van der Waals surface area contributed by atoms with Crippen molar-refractivity contribution in [2.45, 2.75) is 15.2 Å². The minimum Gasteiger partial charge on any atom is -0.497 e. The second-order valence-corrected chi connectivity index (χ2v) is 10.8. The van der Waals surface area contributed by atoms with Crippen molar-refractivity contribution >= 4 is 23.2 Å². The molecule has 1 aliphatic rings. The summed E-state index contributed by atoms with van der Waals surface area (Å²) in [6.07, 6.45) is 0. The number of nitro benzene ring substituents is 1. The van der Waals surface area contributed by atoms with Gasteiger partial charge in [-0.15, -0.1) is 0 Å². The molecule has 5 aromatic carbocycles. The van der Waals surface area contributed by atoms with Gasteiger partial charge in [0.1, 0.15) is 16.9 Å². The maximum atomic E-state index is 11.5. The summed E-state index contributed by atoms with van der Waals surface area (Å²) in [5.74, 6) is 0.730. The predicted octanol–water partition coefficient (Wildman–Crippen LogP) is 7.97. The molecule has 0 radical (unpaired) electrons. The number of methoxy groups -OCH3 is 1. The van der Waals surface area contributed by atoms with E-state index < -0.39 is 15.3 Å². The van der Waals surface area contributed by atoms with Crippen molar-refractivity contribution in [1.82, 2.24) is 0 Å². The topological polar surface area (TPSA) is 74.0 Å². The number of non-ortho nitro benzene ring substituents is 1. The molecule has 41 heavy (non-hydrogen) atoms. The lowest BCUT2D eigenvalue weighted by atomic mass is 9.64. The Bertz CT molecular complexity index is 1640. The maximum Gasteiger partial charge on any atom is 0.269 e. The number of nitrogens with zero attached hydrogens (tertiary/aromatic N) is 2. The predicted molar refractivity (Wildman–Crippen MR) is 161 cm³/mol. The van der Waals surface area contributed by atoms with Crippen LogP contribution in [0.3, 0.4) is 0 Å². The Balaban J connectivity index is 1.70. The zero-order chi connectivity index (χ0) is 28.3. The number of ether oxygens (including phenoxy) is 1. The quantitative estimate of drug-likeness (QED) is 0.143. The Morgan fingerprint density at radius 2 is 1.24 bits per heavy atom. The van der Waals surface area contributed by atoms with Crippen LogP contribution in [0, 0.1) is 10.1 Å². The molecule has 1 atom stereocenters. The van der Waals surface area contributed by atoms with Crippen LogP contribution in [0.4, 0.5) is 5.69 Å². The van der Waals surface area contributed by atoms with Crippen LogP contribution in [0.25, 0.3) is 0 Å². The summed E-state index contributed by atoms with van der Waals surface area (Å²) >= 11 is 1.58. The molecule has 6 rings (SSSR count).